The van der Waals surface area contributed by atoms with Crippen LogP contribution in [-0.2, 0) is 20.6 Å². The monoisotopic (exact) mass is 515 g/mol. The molecule has 4 unspecified atom stereocenters. The average molecular weight is 516 g/mol. The van der Waals surface area contributed by atoms with E-state index in [1.54, 1.807) is 6.07 Å². The number of hydrogen-bond acceptors (Lipinski definition) is 5. The van der Waals surface area contributed by atoms with Crippen molar-refractivity contribution in [2.75, 3.05) is 10.6 Å². The normalized spacial score (nSPS) is 24.5. The van der Waals surface area contributed by atoms with Crippen molar-refractivity contribution in [1.82, 2.24) is 16.0 Å². The lowest BCUT2D eigenvalue weighted by molar-refractivity contribution is -0.144. The van der Waals surface area contributed by atoms with Gasteiger partial charge in [0.2, 0.25) is 17.7 Å². The Labute approximate surface area is 201 Å². The predicted octanol–water partition coefficient (Wildman–Crippen LogP) is 3.14. The molecule has 0 saturated carbocycles. The minimum Gasteiger partial charge on any atom is -0.353 e. The summed E-state index contributed by atoms with van der Waals surface area (Å²) in [6.07, 6.45) is -6.72. The standard InChI is InChI=1S/C21H18Cl2F3N5O3/c22-10-4-5-13(23)14(7-10)28-18(33)12-8-15(32)29-17-16(12)19(34)31-20(30-17)27-11-3-1-2-9(6-11)21(24,25)26/h1-7,12,16-17,20,27,30H,8H2,(H,28,33)(H,29,32)(H,31,34). The molecule has 13 heteroatoms. The largest absolute Gasteiger partial charge is 0.416 e. The number of rotatable bonds is 4. The molecule has 2 saturated heterocycles. The Kier molecular flexibility index (Phi) is 6.61. The lowest BCUT2D eigenvalue weighted by Crippen LogP contribution is -2.72. The van der Waals surface area contributed by atoms with Gasteiger partial charge in [-0.05, 0) is 36.4 Å². The van der Waals surface area contributed by atoms with Crippen molar-refractivity contribution in [2.24, 2.45) is 11.8 Å². The number of nitrogens with one attached hydrogen (secondary N) is 5. The van der Waals surface area contributed by atoms with Crippen molar-refractivity contribution >= 4 is 52.3 Å². The lowest BCUT2D eigenvalue weighted by Gasteiger charge is -2.43. The zero-order valence-electron chi connectivity index (χ0n) is 17.2. The van der Waals surface area contributed by atoms with Crippen molar-refractivity contribution in [3.8, 4) is 0 Å². The van der Waals surface area contributed by atoms with Crippen LogP contribution in [0, 0.1) is 11.8 Å². The number of fused-ring (bicyclic) bond motifs is 1. The average Bonchev–Trinajstić information content (AvgIpc) is 2.75. The summed E-state index contributed by atoms with van der Waals surface area (Å²) in [5, 5.41) is 14.0. The first kappa shape index (κ1) is 24.1. The summed E-state index contributed by atoms with van der Waals surface area (Å²) >= 11 is 12.0. The predicted molar refractivity (Wildman–Crippen MR) is 119 cm³/mol. The molecule has 2 aromatic rings. The number of halogens is 5. The quantitative estimate of drug-likeness (QED) is 0.429. The second kappa shape index (κ2) is 9.32. The molecule has 2 heterocycles. The highest BCUT2D eigenvalue weighted by molar-refractivity contribution is 6.35. The molecule has 0 spiro atoms. The number of carbonyl (C=O) groups excluding carboxylic acids is 3. The van der Waals surface area contributed by atoms with Crippen LogP contribution in [0.1, 0.15) is 12.0 Å². The Morgan fingerprint density at radius 3 is 2.56 bits per heavy atom. The Balaban J connectivity index is 1.49. The van der Waals surface area contributed by atoms with Gasteiger partial charge in [0.05, 0.1) is 34.3 Å². The van der Waals surface area contributed by atoms with E-state index < -0.39 is 53.8 Å². The molecule has 0 radical (unpaired) electrons. The second-order valence-corrected chi connectivity index (χ2v) is 8.67. The summed E-state index contributed by atoms with van der Waals surface area (Å²) in [5.41, 5.74) is -0.534. The van der Waals surface area contributed by atoms with Crippen molar-refractivity contribution in [3.63, 3.8) is 0 Å². The SMILES string of the molecule is O=C1CC(C(=O)Nc2cc(Cl)ccc2Cl)C2C(=O)NC(Nc3cccc(C(F)(F)F)c3)NC2N1. The molecular weight excluding hydrogens is 498 g/mol. The van der Waals surface area contributed by atoms with Gasteiger partial charge in [-0.25, -0.2) is 0 Å². The fourth-order valence-corrected chi connectivity index (χ4v) is 4.26. The summed E-state index contributed by atoms with van der Waals surface area (Å²) in [7, 11) is 0. The number of hydrogen-bond donors (Lipinski definition) is 5. The fourth-order valence-electron chi connectivity index (χ4n) is 3.92. The van der Waals surface area contributed by atoms with Gasteiger partial charge in [0.25, 0.3) is 0 Å². The van der Waals surface area contributed by atoms with E-state index in [9.17, 15) is 27.6 Å². The summed E-state index contributed by atoms with van der Waals surface area (Å²) in [4.78, 5) is 38.1. The topological polar surface area (TPSA) is 111 Å². The molecule has 0 aromatic heterocycles. The third kappa shape index (κ3) is 5.21. The highest BCUT2D eigenvalue weighted by atomic mass is 35.5. The van der Waals surface area contributed by atoms with Crippen LogP contribution in [0.4, 0.5) is 24.5 Å². The number of benzene rings is 2. The first-order valence-electron chi connectivity index (χ1n) is 10.1. The van der Waals surface area contributed by atoms with Crippen LogP contribution in [-0.4, -0.2) is 30.2 Å². The smallest absolute Gasteiger partial charge is 0.353 e. The third-order valence-electron chi connectivity index (χ3n) is 5.47. The van der Waals surface area contributed by atoms with E-state index in [4.69, 9.17) is 23.2 Å². The molecule has 4 atom stereocenters. The molecule has 180 valence electrons. The number of alkyl halides is 3. The third-order valence-corrected chi connectivity index (χ3v) is 6.04. The maximum absolute atomic E-state index is 13.0. The Morgan fingerprint density at radius 1 is 1.06 bits per heavy atom. The molecule has 2 aromatic carbocycles. The van der Waals surface area contributed by atoms with Gasteiger partial charge in [0.1, 0.15) is 0 Å². The molecular formula is C21H18Cl2F3N5O3. The van der Waals surface area contributed by atoms with E-state index in [-0.39, 0.29) is 22.8 Å². The number of anilines is 2. The van der Waals surface area contributed by atoms with Gasteiger partial charge in [0, 0.05) is 17.1 Å². The Morgan fingerprint density at radius 2 is 1.82 bits per heavy atom. The Bertz CT molecular complexity index is 1150. The van der Waals surface area contributed by atoms with Crippen LogP contribution in [0.5, 0.6) is 0 Å². The van der Waals surface area contributed by atoms with E-state index in [1.165, 1.54) is 24.3 Å². The molecule has 34 heavy (non-hydrogen) atoms. The molecule has 0 aliphatic carbocycles. The van der Waals surface area contributed by atoms with Crippen LogP contribution in [0.2, 0.25) is 10.0 Å². The minimum atomic E-state index is -4.53. The molecule has 2 aliphatic heterocycles. The first-order chi connectivity index (χ1) is 16.0. The van der Waals surface area contributed by atoms with Gasteiger partial charge >= 0.3 is 6.18 Å². The van der Waals surface area contributed by atoms with Gasteiger partial charge in [-0.1, -0.05) is 29.3 Å². The number of piperidine rings is 1. The summed E-state index contributed by atoms with van der Waals surface area (Å²) in [6, 6.07) is 8.92. The van der Waals surface area contributed by atoms with E-state index in [0.717, 1.165) is 12.1 Å². The lowest BCUT2D eigenvalue weighted by atomic mass is 9.81. The first-order valence-corrected chi connectivity index (χ1v) is 10.8. The van der Waals surface area contributed by atoms with Gasteiger partial charge in [-0.3, -0.25) is 19.7 Å². The molecule has 5 N–H and O–H groups in total. The van der Waals surface area contributed by atoms with Crippen LogP contribution < -0.4 is 26.6 Å². The minimum absolute atomic E-state index is 0.0955. The molecule has 8 nitrogen and oxygen atoms in total. The van der Waals surface area contributed by atoms with Crippen molar-refractivity contribution in [1.29, 1.82) is 0 Å². The maximum atomic E-state index is 13.0. The second-order valence-electron chi connectivity index (χ2n) is 7.83. The van der Waals surface area contributed by atoms with Gasteiger partial charge < -0.3 is 21.3 Å². The molecule has 0 bridgehead atoms. The highest BCUT2D eigenvalue weighted by Gasteiger charge is 2.48. The Hall–Kier alpha value is -3.02. The maximum Gasteiger partial charge on any atom is 0.416 e. The summed E-state index contributed by atoms with van der Waals surface area (Å²) in [6.45, 7) is 0. The van der Waals surface area contributed by atoms with Gasteiger partial charge in [-0.15, -0.1) is 0 Å². The van der Waals surface area contributed by atoms with E-state index in [1.807, 2.05) is 0 Å². The fraction of sp³-hybridized carbons (Fsp3) is 0.286. The zero-order valence-corrected chi connectivity index (χ0v) is 18.7. The zero-order chi connectivity index (χ0) is 24.6. The number of carbonyl (C=O) groups is 3. The summed E-state index contributed by atoms with van der Waals surface area (Å²) < 4.78 is 38.9. The van der Waals surface area contributed by atoms with Crippen molar-refractivity contribution in [3.05, 3.63) is 58.1 Å². The van der Waals surface area contributed by atoms with E-state index in [0.29, 0.717) is 5.02 Å². The van der Waals surface area contributed by atoms with Gasteiger partial charge in [0.15, 0.2) is 6.29 Å². The van der Waals surface area contributed by atoms with E-state index in [2.05, 4.69) is 26.6 Å². The van der Waals surface area contributed by atoms with Crippen LogP contribution in [0.3, 0.4) is 0 Å². The summed E-state index contributed by atoms with van der Waals surface area (Å²) in [5.74, 6) is -3.65. The molecule has 3 amide bonds. The van der Waals surface area contributed by atoms with Crippen LogP contribution in [0.15, 0.2) is 42.5 Å². The van der Waals surface area contributed by atoms with E-state index >= 15 is 0 Å². The molecule has 2 fully saturated rings. The highest BCUT2D eigenvalue weighted by Crippen LogP contribution is 2.32. The number of amides is 3. The molecule has 2 aliphatic rings. The van der Waals surface area contributed by atoms with Crippen molar-refractivity contribution in [2.45, 2.75) is 25.1 Å². The van der Waals surface area contributed by atoms with Crippen LogP contribution in [0.25, 0.3) is 0 Å². The van der Waals surface area contributed by atoms with Gasteiger partial charge in [-0.2, -0.15) is 13.2 Å². The molecule has 4 rings (SSSR count). The van der Waals surface area contributed by atoms with Crippen LogP contribution >= 0.6 is 23.2 Å². The van der Waals surface area contributed by atoms with Crippen molar-refractivity contribution < 1.29 is 27.6 Å².